The summed E-state index contributed by atoms with van der Waals surface area (Å²) in [4.78, 5) is 27.3. The quantitative estimate of drug-likeness (QED) is 0.375. The van der Waals surface area contributed by atoms with E-state index in [2.05, 4.69) is 10.3 Å². The van der Waals surface area contributed by atoms with Crippen LogP contribution in [0.5, 0.6) is 0 Å². The molecule has 0 fully saturated rings. The number of nitro groups is 1. The van der Waals surface area contributed by atoms with Crippen LogP contribution in [0, 0.1) is 10.1 Å². The third-order valence-corrected chi connectivity index (χ3v) is 5.80. The molecule has 25 heavy (non-hydrogen) atoms. The lowest BCUT2D eigenvalue weighted by Gasteiger charge is -2.10. The Labute approximate surface area is 156 Å². The SMILES string of the molecule is CC(Sc1nc2cc(Cl)ccc2s1)C(=O)Nc1ccccc1[N+](=O)[O-]. The highest BCUT2D eigenvalue weighted by Crippen LogP contribution is 2.34. The first-order valence-corrected chi connectivity index (χ1v) is 9.28. The number of fused-ring (bicyclic) bond motifs is 1. The molecule has 0 aliphatic carbocycles. The third-order valence-electron chi connectivity index (χ3n) is 3.34. The summed E-state index contributed by atoms with van der Waals surface area (Å²) in [6, 6.07) is 11.5. The van der Waals surface area contributed by atoms with Gasteiger partial charge in [0.25, 0.3) is 5.69 Å². The Kier molecular flexibility index (Phi) is 5.22. The van der Waals surface area contributed by atoms with Crippen molar-refractivity contribution >= 4 is 62.2 Å². The van der Waals surface area contributed by atoms with Crippen LogP contribution in [-0.2, 0) is 4.79 Å². The molecule has 1 amide bonds. The molecule has 1 N–H and O–H groups in total. The molecule has 1 aromatic heterocycles. The normalized spacial score (nSPS) is 12.1. The number of aromatic nitrogens is 1. The van der Waals surface area contributed by atoms with E-state index in [1.807, 2.05) is 6.07 Å². The molecule has 0 saturated heterocycles. The first-order valence-electron chi connectivity index (χ1n) is 7.21. The van der Waals surface area contributed by atoms with Crippen molar-refractivity contribution < 1.29 is 9.72 Å². The average Bonchev–Trinajstić information content (AvgIpc) is 2.96. The number of nitrogens with zero attached hydrogens (tertiary/aromatic N) is 2. The van der Waals surface area contributed by atoms with Crippen molar-refractivity contribution in [3.63, 3.8) is 0 Å². The maximum atomic E-state index is 12.4. The van der Waals surface area contributed by atoms with Crippen LogP contribution in [0.1, 0.15) is 6.92 Å². The molecule has 1 unspecified atom stereocenters. The molecular formula is C16H12ClN3O3S2. The fourth-order valence-corrected chi connectivity index (χ4v) is 4.47. The number of benzene rings is 2. The summed E-state index contributed by atoms with van der Waals surface area (Å²) in [6.07, 6.45) is 0. The van der Waals surface area contributed by atoms with Gasteiger partial charge in [0.05, 0.1) is 20.4 Å². The zero-order chi connectivity index (χ0) is 18.0. The number of halogens is 1. The van der Waals surface area contributed by atoms with Crippen molar-refractivity contribution in [3.05, 3.63) is 57.6 Å². The summed E-state index contributed by atoms with van der Waals surface area (Å²) < 4.78 is 1.72. The van der Waals surface area contributed by atoms with Crippen molar-refractivity contribution in [2.24, 2.45) is 0 Å². The Hall–Kier alpha value is -2.16. The van der Waals surface area contributed by atoms with Crippen molar-refractivity contribution in [2.45, 2.75) is 16.5 Å². The van der Waals surface area contributed by atoms with Crippen LogP contribution in [0.3, 0.4) is 0 Å². The van der Waals surface area contributed by atoms with E-state index in [0.717, 1.165) is 14.6 Å². The van der Waals surface area contributed by atoms with Gasteiger partial charge >= 0.3 is 0 Å². The number of nitrogens with one attached hydrogen (secondary N) is 1. The minimum Gasteiger partial charge on any atom is -0.319 e. The van der Waals surface area contributed by atoms with Gasteiger partial charge in [-0.2, -0.15) is 0 Å². The molecule has 0 saturated carbocycles. The molecule has 6 nitrogen and oxygen atoms in total. The summed E-state index contributed by atoms with van der Waals surface area (Å²) in [5, 5.41) is 13.8. The molecule has 1 heterocycles. The van der Waals surface area contributed by atoms with Crippen LogP contribution in [0.15, 0.2) is 46.8 Å². The number of thiazole rings is 1. The van der Waals surface area contributed by atoms with Crippen LogP contribution in [-0.4, -0.2) is 21.1 Å². The number of para-hydroxylation sites is 2. The minimum atomic E-state index is -0.523. The number of carbonyl (C=O) groups is 1. The number of nitro benzene ring substituents is 1. The largest absolute Gasteiger partial charge is 0.319 e. The molecule has 3 rings (SSSR count). The molecule has 0 aliphatic rings. The first-order chi connectivity index (χ1) is 11.9. The average molecular weight is 394 g/mol. The third kappa shape index (κ3) is 4.09. The van der Waals surface area contributed by atoms with Gasteiger partial charge in [-0.25, -0.2) is 4.98 Å². The zero-order valence-corrected chi connectivity index (χ0v) is 15.3. The maximum absolute atomic E-state index is 12.4. The van der Waals surface area contributed by atoms with Crippen molar-refractivity contribution in [3.8, 4) is 0 Å². The van der Waals surface area contributed by atoms with Crippen molar-refractivity contribution in [2.75, 3.05) is 5.32 Å². The van der Waals surface area contributed by atoms with Gasteiger partial charge in [0.1, 0.15) is 5.69 Å². The van der Waals surface area contributed by atoms with Crippen LogP contribution in [0.25, 0.3) is 10.2 Å². The molecule has 0 spiro atoms. The van der Waals surface area contributed by atoms with Gasteiger partial charge in [0, 0.05) is 11.1 Å². The number of anilines is 1. The summed E-state index contributed by atoms with van der Waals surface area (Å²) >= 11 is 8.72. The fraction of sp³-hybridized carbons (Fsp3) is 0.125. The molecule has 9 heteroatoms. The Morgan fingerprint density at radius 3 is 2.88 bits per heavy atom. The van der Waals surface area contributed by atoms with Gasteiger partial charge in [-0.15, -0.1) is 11.3 Å². The second kappa shape index (κ2) is 7.38. The number of hydrogen-bond acceptors (Lipinski definition) is 6. The Balaban J connectivity index is 1.73. The van der Waals surface area contributed by atoms with E-state index in [0.29, 0.717) is 5.02 Å². The smallest absolute Gasteiger partial charge is 0.292 e. The van der Waals surface area contributed by atoms with E-state index in [-0.39, 0.29) is 17.3 Å². The van der Waals surface area contributed by atoms with E-state index in [1.165, 1.54) is 35.2 Å². The minimum absolute atomic E-state index is 0.136. The maximum Gasteiger partial charge on any atom is 0.292 e. The summed E-state index contributed by atoms with van der Waals surface area (Å²) in [5.41, 5.74) is 0.829. The summed E-state index contributed by atoms with van der Waals surface area (Å²) in [7, 11) is 0. The van der Waals surface area contributed by atoms with E-state index < -0.39 is 10.2 Å². The first kappa shape index (κ1) is 17.7. The predicted molar refractivity (Wildman–Crippen MR) is 102 cm³/mol. The highest BCUT2D eigenvalue weighted by Gasteiger charge is 2.20. The summed E-state index contributed by atoms with van der Waals surface area (Å²) in [5.74, 6) is -0.323. The lowest BCUT2D eigenvalue weighted by atomic mass is 10.2. The van der Waals surface area contributed by atoms with E-state index >= 15 is 0 Å². The number of thioether (sulfide) groups is 1. The van der Waals surface area contributed by atoms with Gasteiger partial charge < -0.3 is 5.32 Å². The monoisotopic (exact) mass is 393 g/mol. The number of hydrogen-bond donors (Lipinski definition) is 1. The molecule has 3 aromatic rings. The van der Waals surface area contributed by atoms with E-state index in [9.17, 15) is 14.9 Å². The van der Waals surface area contributed by atoms with Gasteiger partial charge in [0.15, 0.2) is 4.34 Å². The van der Waals surface area contributed by atoms with Gasteiger partial charge in [-0.3, -0.25) is 14.9 Å². The Bertz CT molecular complexity index is 961. The van der Waals surface area contributed by atoms with Crippen molar-refractivity contribution in [1.29, 1.82) is 0 Å². The fourth-order valence-electron chi connectivity index (χ4n) is 2.11. The molecule has 0 radical (unpaired) electrons. The van der Waals surface area contributed by atoms with E-state index in [4.69, 9.17) is 11.6 Å². The second-order valence-electron chi connectivity index (χ2n) is 5.12. The zero-order valence-electron chi connectivity index (χ0n) is 12.9. The topological polar surface area (TPSA) is 85.1 Å². The van der Waals surface area contributed by atoms with Crippen LogP contribution in [0.4, 0.5) is 11.4 Å². The van der Waals surface area contributed by atoms with Crippen LogP contribution >= 0.6 is 34.7 Å². The molecule has 128 valence electrons. The van der Waals surface area contributed by atoms with Gasteiger partial charge in [-0.05, 0) is 31.2 Å². The van der Waals surface area contributed by atoms with Crippen LogP contribution < -0.4 is 5.32 Å². The standard InChI is InChI=1S/C16H12ClN3O3S2/c1-9(15(21)18-11-4-2-3-5-13(11)20(22)23)24-16-19-12-8-10(17)6-7-14(12)25-16/h2-9H,1H3,(H,18,21). The summed E-state index contributed by atoms with van der Waals surface area (Å²) in [6.45, 7) is 1.73. The lowest BCUT2D eigenvalue weighted by molar-refractivity contribution is -0.383. The Morgan fingerprint density at radius 1 is 1.36 bits per heavy atom. The highest BCUT2D eigenvalue weighted by molar-refractivity contribution is 8.02. The second-order valence-corrected chi connectivity index (χ2v) is 8.17. The van der Waals surface area contributed by atoms with Gasteiger partial charge in [-0.1, -0.05) is 35.5 Å². The van der Waals surface area contributed by atoms with Crippen LogP contribution in [0.2, 0.25) is 5.02 Å². The predicted octanol–water partition coefficient (Wildman–Crippen LogP) is 4.98. The number of carbonyl (C=O) groups excluding carboxylic acids is 1. The lowest BCUT2D eigenvalue weighted by Crippen LogP contribution is -2.22. The molecule has 2 aromatic carbocycles. The number of rotatable bonds is 5. The van der Waals surface area contributed by atoms with Gasteiger partial charge in [0.2, 0.25) is 5.91 Å². The molecular weight excluding hydrogens is 382 g/mol. The molecule has 1 atom stereocenters. The Morgan fingerprint density at radius 2 is 2.12 bits per heavy atom. The highest BCUT2D eigenvalue weighted by atomic mass is 35.5. The molecule has 0 bridgehead atoms. The number of amides is 1. The van der Waals surface area contributed by atoms with Crippen molar-refractivity contribution in [1.82, 2.24) is 4.98 Å². The molecule has 0 aliphatic heterocycles. The van der Waals surface area contributed by atoms with E-state index in [1.54, 1.807) is 31.2 Å².